The van der Waals surface area contributed by atoms with Crippen LogP contribution in [0.5, 0.6) is 0 Å². The van der Waals surface area contributed by atoms with Crippen LogP contribution in [0.15, 0.2) is 17.3 Å². The van der Waals surface area contributed by atoms with Gasteiger partial charge in [0.1, 0.15) is 6.67 Å². The van der Waals surface area contributed by atoms with E-state index in [2.05, 4.69) is 22.5 Å². The Balaban J connectivity index is 2.11. The fourth-order valence-electron chi connectivity index (χ4n) is 1.47. The number of aliphatic imine (C=N–C) groups is 1. The molecule has 0 atom stereocenters. The molecule has 1 aliphatic heterocycles. The van der Waals surface area contributed by atoms with Crippen molar-refractivity contribution in [2.45, 2.75) is 32.6 Å². The predicted molar refractivity (Wildman–Crippen MR) is 77.2 cm³/mol. The first-order valence-electron chi connectivity index (χ1n) is 6.20. The van der Waals surface area contributed by atoms with Crippen LogP contribution >= 0.6 is 12.2 Å². The lowest BCUT2D eigenvalue weighted by atomic mass is 10.2. The number of hydrogen-bond donors (Lipinski definition) is 2. The molecule has 0 saturated carbocycles. The van der Waals surface area contributed by atoms with Crippen LogP contribution in [0.25, 0.3) is 0 Å². The number of nitrogens with zero attached hydrogens (tertiary/aromatic N) is 2. The second-order valence-electron chi connectivity index (χ2n) is 4.07. The van der Waals surface area contributed by atoms with Crippen molar-refractivity contribution in [2.24, 2.45) is 4.99 Å². The van der Waals surface area contributed by atoms with E-state index in [0.29, 0.717) is 24.9 Å². The molecule has 0 bridgehead atoms. The van der Waals surface area contributed by atoms with Gasteiger partial charge in [0.25, 0.3) is 0 Å². The maximum Gasteiger partial charge on any atom is 0.226 e. The van der Waals surface area contributed by atoms with Gasteiger partial charge in [0, 0.05) is 18.8 Å². The summed E-state index contributed by atoms with van der Waals surface area (Å²) < 4.78 is 0. The van der Waals surface area contributed by atoms with E-state index in [0.717, 1.165) is 19.3 Å². The van der Waals surface area contributed by atoms with Gasteiger partial charge in [0.05, 0.1) is 6.67 Å². The summed E-state index contributed by atoms with van der Waals surface area (Å²) in [5, 5.41) is 6.02. The molecule has 1 rings (SSSR count). The van der Waals surface area contributed by atoms with E-state index >= 15 is 0 Å². The van der Waals surface area contributed by atoms with E-state index in [-0.39, 0.29) is 5.91 Å². The van der Waals surface area contributed by atoms with Crippen molar-refractivity contribution in [3.05, 3.63) is 12.3 Å². The fraction of sp³-hybridized carbons (Fsp3) is 0.583. The molecule has 1 amide bonds. The predicted octanol–water partition coefficient (Wildman–Crippen LogP) is 1.37. The molecular weight excluding hydrogens is 248 g/mol. The molecule has 0 aromatic carbocycles. The zero-order chi connectivity index (χ0) is 13.2. The van der Waals surface area contributed by atoms with Crippen LogP contribution < -0.4 is 10.6 Å². The van der Waals surface area contributed by atoms with E-state index in [9.17, 15) is 4.79 Å². The summed E-state index contributed by atoms with van der Waals surface area (Å²) in [5.41, 5.74) is 0. The van der Waals surface area contributed by atoms with E-state index in [4.69, 9.17) is 12.2 Å². The monoisotopic (exact) mass is 268 g/mol. The lowest BCUT2D eigenvalue weighted by molar-refractivity contribution is -0.119. The van der Waals surface area contributed by atoms with Crippen LogP contribution in [0, 0.1) is 0 Å². The number of nitrogens with one attached hydrogen (secondary N) is 2. The number of thiocarbonyl (C=S) groups is 1. The Bertz CT molecular complexity index is 341. The van der Waals surface area contributed by atoms with Gasteiger partial charge in [-0.1, -0.05) is 19.8 Å². The maximum absolute atomic E-state index is 11.5. The number of carbonyl (C=O) groups is 1. The van der Waals surface area contributed by atoms with Crippen LogP contribution in [-0.2, 0) is 4.79 Å². The molecule has 0 aliphatic carbocycles. The molecule has 2 N–H and O–H groups in total. The van der Waals surface area contributed by atoms with Gasteiger partial charge in [-0.25, -0.2) is 0 Å². The van der Waals surface area contributed by atoms with Gasteiger partial charge in [0.2, 0.25) is 5.91 Å². The van der Waals surface area contributed by atoms with Gasteiger partial charge < -0.3 is 15.5 Å². The number of hydrogen-bond acceptors (Lipinski definition) is 4. The Morgan fingerprint density at radius 3 is 3.00 bits per heavy atom. The highest BCUT2D eigenvalue weighted by Gasteiger charge is 2.05. The largest absolute Gasteiger partial charge is 0.345 e. The highest BCUT2D eigenvalue weighted by atomic mass is 32.1. The third-order valence-corrected chi connectivity index (χ3v) is 2.70. The van der Waals surface area contributed by atoms with Gasteiger partial charge in [-0.2, -0.15) is 0 Å². The van der Waals surface area contributed by atoms with Crippen LogP contribution in [0.2, 0.25) is 0 Å². The van der Waals surface area contributed by atoms with E-state index in [1.807, 2.05) is 17.2 Å². The van der Waals surface area contributed by atoms with Crippen molar-refractivity contribution >= 4 is 29.5 Å². The molecule has 1 heterocycles. The van der Waals surface area contributed by atoms with Crippen molar-refractivity contribution in [1.29, 1.82) is 0 Å². The quantitative estimate of drug-likeness (QED) is 0.564. The SMILES string of the molecule is CCCCCC(=O)NC(=S)NCN1C=CC=NC1. The Labute approximate surface area is 113 Å². The Kier molecular flexibility index (Phi) is 7.01. The Morgan fingerprint density at radius 1 is 1.50 bits per heavy atom. The molecule has 5 nitrogen and oxygen atoms in total. The van der Waals surface area contributed by atoms with E-state index in [1.165, 1.54) is 0 Å². The minimum absolute atomic E-state index is 0.0202. The fourth-order valence-corrected chi connectivity index (χ4v) is 1.64. The van der Waals surface area contributed by atoms with E-state index in [1.54, 1.807) is 6.21 Å². The van der Waals surface area contributed by atoms with Crippen LogP contribution in [0.4, 0.5) is 0 Å². The van der Waals surface area contributed by atoms with Crippen LogP contribution in [0.1, 0.15) is 32.6 Å². The molecule has 6 heteroatoms. The summed E-state index contributed by atoms with van der Waals surface area (Å²) in [6, 6.07) is 0. The molecule has 1 aliphatic rings. The number of carbonyl (C=O) groups excluding carboxylic acids is 1. The van der Waals surface area contributed by atoms with E-state index < -0.39 is 0 Å². The van der Waals surface area contributed by atoms with Gasteiger partial charge in [-0.15, -0.1) is 0 Å². The molecule has 0 saturated heterocycles. The average Bonchev–Trinajstić information content (AvgIpc) is 2.38. The van der Waals surface area contributed by atoms with Crippen molar-refractivity contribution < 1.29 is 4.79 Å². The van der Waals surface area contributed by atoms with Crippen molar-refractivity contribution in [1.82, 2.24) is 15.5 Å². The first-order chi connectivity index (χ1) is 8.72. The smallest absolute Gasteiger partial charge is 0.226 e. The minimum atomic E-state index is -0.0202. The second-order valence-corrected chi connectivity index (χ2v) is 4.48. The lowest BCUT2D eigenvalue weighted by Gasteiger charge is -2.21. The molecule has 18 heavy (non-hydrogen) atoms. The Hall–Kier alpha value is -1.43. The highest BCUT2D eigenvalue weighted by molar-refractivity contribution is 7.80. The summed E-state index contributed by atoms with van der Waals surface area (Å²) >= 11 is 5.05. The summed E-state index contributed by atoms with van der Waals surface area (Å²) in [5.74, 6) is -0.0202. The zero-order valence-corrected chi connectivity index (χ0v) is 11.5. The average molecular weight is 268 g/mol. The Morgan fingerprint density at radius 2 is 2.33 bits per heavy atom. The number of rotatable bonds is 6. The summed E-state index contributed by atoms with van der Waals surface area (Å²) in [6.07, 6.45) is 9.16. The molecular formula is C12H20N4OS. The van der Waals surface area contributed by atoms with Gasteiger partial charge in [-0.05, 0) is 24.7 Å². The summed E-state index contributed by atoms with van der Waals surface area (Å²) in [4.78, 5) is 17.5. The van der Waals surface area contributed by atoms with Crippen molar-refractivity contribution in [3.63, 3.8) is 0 Å². The highest BCUT2D eigenvalue weighted by Crippen LogP contribution is 1.98. The molecule has 0 fully saturated rings. The van der Waals surface area contributed by atoms with Gasteiger partial charge >= 0.3 is 0 Å². The second kappa shape index (κ2) is 8.63. The molecule has 0 radical (unpaired) electrons. The molecule has 100 valence electrons. The van der Waals surface area contributed by atoms with Crippen molar-refractivity contribution in [3.8, 4) is 0 Å². The topological polar surface area (TPSA) is 56.7 Å². The molecule has 0 aromatic heterocycles. The van der Waals surface area contributed by atoms with Crippen LogP contribution in [-0.4, -0.2) is 35.5 Å². The zero-order valence-electron chi connectivity index (χ0n) is 10.7. The first kappa shape index (κ1) is 14.6. The third-order valence-electron chi connectivity index (χ3n) is 2.45. The normalized spacial score (nSPS) is 13.5. The first-order valence-corrected chi connectivity index (χ1v) is 6.61. The lowest BCUT2D eigenvalue weighted by Crippen LogP contribution is -2.43. The van der Waals surface area contributed by atoms with Crippen LogP contribution in [0.3, 0.4) is 0 Å². The third kappa shape index (κ3) is 6.34. The molecule has 0 aromatic rings. The minimum Gasteiger partial charge on any atom is -0.345 e. The van der Waals surface area contributed by atoms with Gasteiger partial charge in [0.15, 0.2) is 5.11 Å². The maximum atomic E-state index is 11.5. The van der Waals surface area contributed by atoms with Gasteiger partial charge in [-0.3, -0.25) is 9.79 Å². The number of amides is 1. The number of unbranched alkanes of at least 4 members (excludes halogenated alkanes) is 2. The number of allylic oxidation sites excluding steroid dienone is 1. The standard InChI is InChI=1S/C12H20N4OS/c1-2-3-4-6-11(17)15-12(18)14-10-16-8-5-7-13-9-16/h5,7-8H,2-4,6,9-10H2,1H3,(H2,14,15,17,18). The summed E-state index contributed by atoms with van der Waals surface area (Å²) in [7, 11) is 0. The summed E-state index contributed by atoms with van der Waals surface area (Å²) in [6.45, 7) is 3.26. The van der Waals surface area contributed by atoms with Crippen molar-refractivity contribution in [2.75, 3.05) is 13.3 Å². The molecule has 0 unspecified atom stereocenters. The molecule has 0 spiro atoms.